The van der Waals surface area contributed by atoms with Crippen LogP contribution in [0.25, 0.3) is 0 Å². The van der Waals surface area contributed by atoms with Crippen molar-refractivity contribution in [3.8, 4) is 0 Å². The number of rotatable bonds is 8. The molecule has 1 rings (SSSR count). The van der Waals surface area contributed by atoms with Gasteiger partial charge in [-0.15, -0.1) is 0 Å². The molecule has 0 aromatic rings. The van der Waals surface area contributed by atoms with E-state index in [-0.39, 0.29) is 0 Å². The van der Waals surface area contributed by atoms with Crippen LogP contribution in [-0.2, 0) is 4.74 Å². The highest BCUT2D eigenvalue weighted by molar-refractivity contribution is 4.80. The van der Waals surface area contributed by atoms with Gasteiger partial charge < -0.3 is 10.1 Å². The molecule has 0 aliphatic carbocycles. The van der Waals surface area contributed by atoms with Crippen molar-refractivity contribution in [1.82, 2.24) is 5.32 Å². The lowest BCUT2D eigenvalue weighted by atomic mass is 9.85. The molecule has 1 N–H and O–H groups in total. The molecule has 0 radical (unpaired) electrons. The van der Waals surface area contributed by atoms with Crippen molar-refractivity contribution in [2.75, 3.05) is 19.8 Å². The normalized spacial score (nSPS) is 24.2. The third kappa shape index (κ3) is 6.19. The van der Waals surface area contributed by atoms with Gasteiger partial charge >= 0.3 is 0 Å². The molecule has 0 saturated carbocycles. The first-order chi connectivity index (χ1) is 8.63. The summed E-state index contributed by atoms with van der Waals surface area (Å²) in [5.41, 5.74) is 0. The fraction of sp³-hybridized carbons (Fsp3) is 1.00. The summed E-state index contributed by atoms with van der Waals surface area (Å²) in [6, 6.07) is 0.666. The smallest absolute Gasteiger partial charge is 0.0509 e. The third-order valence-electron chi connectivity index (χ3n) is 3.95. The molecule has 0 spiro atoms. The average Bonchev–Trinajstić information content (AvgIpc) is 2.34. The summed E-state index contributed by atoms with van der Waals surface area (Å²) in [4.78, 5) is 0. The first-order valence-electron chi connectivity index (χ1n) is 7.94. The van der Waals surface area contributed by atoms with Crippen LogP contribution in [0.2, 0.25) is 0 Å². The summed E-state index contributed by atoms with van der Waals surface area (Å²) in [6.07, 6.45) is 6.47. The predicted molar refractivity (Wildman–Crippen MR) is 78.9 cm³/mol. The molecule has 0 bridgehead atoms. The Hall–Kier alpha value is -0.0800. The standard InChI is InChI=1S/C16H33NO/c1-5-8-17-16(11-14(4)10-13(2)3)15-7-6-9-18-12-15/h13-17H,5-12H2,1-4H3. The van der Waals surface area contributed by atoms with Gasteiger partial charge in [-0.3, -0.25) is 0 Å². The Kier molecular flexibility index (Phi) is 7.92. The van der Waals surface area contributed by atoms with E-state index in [1.165, 1.54) is 32.1 Å². The summed E-state index contributed by atoms with van der Waals surface area (Å²) in [5, 5.41) is 3.76. The largest absolute Gasteiger partial charge is 0.381 e. The molecule has 18 heavy (non-hydrogen) atoms. The van der Waals surface area contributed by atoms with Gasteiger partial charge in [0.2, 0.25) is 0 Å². The minimum absolute atomic E-state index is 0.666. The van der Waals surface area contributed by atoms with Crippen molar-refractivity contribution in [3.63, 3.8) is 0 Å². The molecule has 1 fully saturated rings. The molecular weight excluding hydrogens is 222 g/mol. The van der Waals surface area contributed by atoms with Gasteiger partial charge in [0.05, 0.1) is 6.61 Å². The number of hydrogen-bond acceptors (Lipinski definition) is 2. The number of ether oxygens (including phenoxy) is 1. The van der Waals surface area contributed by atoms with Crippen LogP contribution < -0.4 is 5.32 Å². The first-order valence-corrected chi connectivity index (χ1v) is 7.94. The van der Waals surface area contributed by atoms with E-state index >= 15 is 0 Å². The lowest BCUT2D eigenvalue weighted by molar-refractivity contribution is 0.0351. The van der Waals surface area contributed by atoms with Gasteiger partial charge in [0.25, 0.3) is 0 Å². The molecule has 1 aliphatic heterocycles. The zero-order chi connectivity index (χ0) is 13.4. The lowest BCUT2D eigenvalue weighted by Crippen LogP contribution is -2.41. The molecule has 0 aromatic carbocycles. The van der Waals surface area contributed by atoms with E-state index in [4.69, 9.17) is 4.74 Å². The van der Waals surface area contributed by atoms with Crippen LogP contribution in [0.4, 0.5) is 0 Å². The second-order valence-electron chi connectivity index (χ2n) is 6.51. The maximum atomic E-state index is 5.67. The Morgan fingerprint density at radius 2 is 2.00 bits per heavy atom. The highest BCUT2D eigenvalue weighted by Crippen LogP contribution is 2.25. The molecule has 0 aromatic heterocycles. The Morgan fingerprint density at radius 3 is 2.56 bits per heavy atom. The number of nitrogens with one attached hydrogen (secondary N) is 1. The fourth-order valence-corrected chi connectivity index (χ4v) is 3.19. The molecule has 3 unspecified atom stereocenters. The highest BCUT2D eigenvalue weighted by Gasteiger charge is 2.25. The fourth-order valence-electron chi connectivity index (χ4n) is 3.19. The van der Waals surface area contributed by atoms with Gasteiger partial charge in [0.15, 0.2) is 0 Å². The maximum Gasteiger partial charge on any atom is 0.0509 e. The second kappa shape index (κ2) is 8.92. The van der Waals surface area contributed by atoms with Crippen molar-refractivity contribution < 1.29 is 4.74 Å². The van der Waals surface area contributed by atoms with Gasteiger partial charge in [0.1, 0.15) is 0 Å². The monoisotopic (exact) mass is 255 g/mol. The zero-order valence-electron chi connectivity index (χ0n) is 12.9. The first kappa shape index (κ1) is 16.0. The van der Waals surface area contributed by atoms with Gasteiger partial charge in [-0.05, 0) is 56.4 Å². The Morgan fingerprint density at radius 1 is 1.22 bits per heavy atom. The van der Waals surface area contributed by atoms with E-state index in [0.717, 1.165) is 37.5 Å². The molecule has 1 heterocycles. The van der Waals surface area contributed by atoms with E-state index in [0.29, 0.717) is 6.04 Å². The lowest BCUT2D eigenvalue weighted by Gasteiger charge is -2.33. The summed E-state index contributed by atoms with van der Waals surface area (Å²) in [6.45, 7) is 12.4. The molecule has 0 amide bonds. The molecule has 2 nitrogen and oxygen atoms in total. The number of hydrogen-bond donors (Lipinski definition) is 1. The van der Waals surface area contributed by atoms with Crippen LogP contribution in [-0.4, -0.2) is 25.8 Å². The van der Waals surface area contributed by atoms with Gasteiger partial charge in [-0.2, -0.15) is 0 Å². The highest BCUT2D eigenvalue weighted by atomic mass is 16.5. The van der Waals surface area contributed by atoms with Crippen LogP contribution in [0.1, 0.15) is 59.8 Å². The van der Waals surface area contributed by atoms with E-state index in [9.17, 15) is 0 Å². The van der Waals surface area contributed by atoms with Crippen molar-refractivity contribution in [3.05, 3.63) is 0 Å². The summed E-state index contributed by atoms with van der Waals surface area (Å²) < 4.78 is 5.67. The van der Waals surface area contributed by atoms with Crippen LogP contribution in [0.3, 0.4) is 0 Å². The SMILES string of the molecule is CCCNC(CC(C)CC(C)C)C1CCCOC1. The van der Waals surface area contributed by atoms with Gasteiger partial charge in [-0.1, -0.05) is 27.7 Å². The van der Waals surface area contributed by atoms with Gasteiger partial charge in [0, 0.05) is 12.6 Å². The van der Waals surface area contributed by atoms with E-state index in [1.54, 1.807) is 0 Å². The van der Waals surface area contributed by atoms with Crippen LogP contribution in [0.5, 0.6) is 0 Å². The topological polar surface area (TPSA) is 21.3 Å². The Bertz CT molecular complexity index is 199. The minimum Gasteiger partial charge on any atom is -0.381 e. The van der Waals surface area contributed by atoms with Crippen LogP contribution >= 0.6 is 0 Å². The quantitative estimate of drug-likeness (QED) is 0.711. The zero-order valence-corrected chi connectivity index (χ0v) is 12.9. The predicted octanol–water partition coefficient (Wildman–Crippen LogP) is 3.85. The van der Waals surface area contributed by atoms with Crippen molar-refractivity contribution >= 4 is 0 Å². The second-order valence-corrected chi connectivity index (χ2v) is 6.51. The third-order valence-corrected chi connectivity index (χ3v) is 3.95. The molecule has 3 atom stereocenters. The van der Waals surface area contributed by atoms with Crippen molar-refractivity contribution in [2.45, 2.75) is 65.8 Å². The minimum atomic E-state index is 0.666. The summed E-state index contributed by atoms with van der Waals surface area (Å²) >= 11 is 0. The van der Waals surface area contributed by atoms with E-state index in [1.807, 2.05) is 0 Å². The van der Waals surface area contributed by atoms with E-state index < -0.39 is 0 Å². The van der Waals surface area contributed by atoms with Crippen molar-refractivity contribution in [2.24, 2.45) is 17.8 Å². The molecule has 2 heteroatoms. The van der Waals surface area contributed by atoms with E-state index in [2.05, 4.69) is 33.0 Å². The summed E-state index contributed by atoms with van der Waals surface area (Å²) in [7, 11) is 0. The molecule has 108 valence electrons. The molecule has 1 aliphatic rings. The molecular formula is C16H33NO. The summed E-state index contributed by atoms with van der Waals surface area (Å²) in [5.74, 6) is 2.37. The van der Waals surface area contributed by atoms with Crippen LogP contribution in [0, 0.1) is 17.8 Å². The van der Waals surface area contributed by atoms with Gasteiger partial charge in [-0.25, -0.2) is 0 Å². The Balaban J connectivity index is 2.42. The average molecular weight is 255 g/mol. The Labute approximate surface area is 114 Å². The molecule has 1 saturated heterocycles. The van der Waals surface area contributed by atoms with Crippen LogP contribution in [0.15, 0.2) is 0 Å². The van der Waals surface area contributed by atoms with Crippen molar-refractivity contribution in [1.29, 1.82) is 0 Å². The maximum absolute atomic E-state index is 5.67.